The van der Waals surface area contributed by atoms with Crippen molar-refractivity contribution in [2.75, 3.05) is 6.54 Å². The van der Waals surface area contributed by atoms with Crippen LogP contribution in [-0.4, -0.2) is 21.5 Å². The number of aromatic nitrogens is 3. The molecular formula is C17H18N4. The van der Waals surface area contributed by atoms with Gasteiger partial charge in [0.2, 0.25) is 0 Å². The maximum absolute atomic E-state index is 5.58. The monoisotopic (exact) mass is 278 g/mol. The third kappa shape index (κ3) is 3.17. The maximum Gasteiger partial charge on any atom is 0.0889 e. The molecule has 3 rings (SSSR count). The summed E-state index contributed by atoms with van der Waals surface area (Å²) in [6, 6.07) is 18.7. The highest BCUT2D eigenvalue weighted by Gasteiger charge is 2.07. The third-order valence-corrected chi connectivity index (χ3v) is 3.48. The van der Waals surface area contributed by atoms with Crippen molar-refractivity contribution in [3.8, 4) is 11.3 Å². The molecule has 0 spiro atoms. The molecule has 0 aliphatic rings. The number of hydrogen-bond acceptors (Lipinski definition) is 3. The van der Waals surface area contributed by atoms with E-state index in [0.29, 0.717) is 6.54 Å². The summed E-state index contributed by atoms with van der Waals surface area (Å²) in [7, 11) is 0. The molecule has 4 heteroatoms. The van der Waals surface area contributed by atoms with Crippen LogP contribution in [0.15, 0.2) is 60.8 Å². The van der Waals surface area contributed by atoms with Crippen LogP contribution < -0.4 is 5.73 Å². The molecule has 0 unspecified atom stereocenters. The van der Waals surface area contributed by atoms with Crippen LogP contribution in [0.3, 0.4) is 0 Å². The second kappa shape index (κ2) is 6.33. The molecule has 0 radical (unpaired) electrons. The van der Waals surface area contributed by atoms with E-state index in [9.17, 15) is 0 Å². The fourth-order valence-corrected chi connectivity index (χ4v) is 2.36. The first-order chi connectivity index (χ1) is 10.4. The minimum absolute atomic E-state index is 0.673. The second-order valence-corrected chi connectivity index (χ2v) is 5.00. The summed E-state index contributed by atoms with van der Waals surface area (Å²) in [6.45, 7) is 1.40. The van der Waals surface area contributed by atoms with E-state index in [1.54, 1.807) is 6.20 Å². The van der Waals surface area contributed by atoms with Gasteiger partial charge in [-0.3, -0.25) is 0 Å². The Labute approximate surface area is 124 Å². The smallest absolute Gasteiger partial charge is 0.0889 e. The average molecular weight is 278 g/mol. The summed E-state index contributed by atoms with van der Waals surface area (Å²) >= 11 is 0. The predicted molar refractivity (Wildman–Crippen MR) is 83.8 cm³/mol. The lowest BCUT2D eigenvalue weighted by molar-refractivity contribution is 0.655. The van der Waals surface area contributed by atoms with E-state index in [-0.39, 0.29) is 0 Å². The first-order valence-corrected chi connectivity index (χ1v) is 7.08. The van der Waals surface area contributed by atoms with Gasteiger partial charge in [-0.2, -0.15) is 0 Å². The molecule has 0 saturated heterocycles. The zero-order valence-electron chi connectivity index (χ0n) is 11.8. The van der Waals surface area contributed by atoms with E-state index >= 15 is 0 Å². The van der Waals surface area contributed by atoms with Gasteiger partial charge in [-0.1, -0.05) is 59.8 Å². The number of rotatable bonds is 5. The van der Waals surface area contributed by atoms with E-state index in [1.807, 2.05) is 22.9 Å². The Morgan fingerprint density at radius 3 is 2.38 bits per heavy atom. The minimum Gasteiger partial charge on any atom is -0.330 e. The van der Waals surface area contributed by atoms with Gasteiger partial charge in [-0.25, -0.2) is 4.68 Å². The molecule has 0 aliphatic heterocycles. The van der Waals surface area contributed by atoms with Gasteiger partial charge in [0, 0.05) is 5.56 Å². The lowest BCUT2D eigenvalue weighted by Gasteiger charge is -2.07. The van der Waals surface area contributed by atoms with Crippen LogP contribution in [0, 0.1) is 0 Å². The van der Waals surface area contributed by atoms with Crippen LogP contribution in [0.2, 0.25) is 0 Å². The number of benzene rings is 2. The van der Waals surface area contributed by atoms with E-state index in [2.05, 4.69) is 46.7 Å². The van der Waals surface area contributed by atoms with Crippen molar-refractivity contribution in [2.45, 2.75) is 13.0 Å². The Kier molecular flexibility index (Phi) is 4.07. The van der Waals surface area contributed by atoms with Gasteiger partial charge in [0.1, 0.15) is 0 Å². The van der Waals surface area contributed by atoms with Crippen molar-refractivity contribution >= 4 is 0 Å². The van der Waals surface area contributed by atoms with Gasteiger partial charge < -0.3 is 5.73 Å². The van der Waals surface area contributed by atoms with Crippen LogP contribution in [0.1, 0.15) is 11.1 Å². The molecule has 2 N–H and O–H groups in total. The van der Waals surface area contributed by atoms with Crippen molar-refractivity contribution in [3.05, 3.63) is 71.9 Å². The Morgan fingerprint density at radius 2 is 1.67 bits per heavy atom. The molecule has 0 aliphatic carbocycles. The Hall–Kier alpha value is -2.46. The average Bonchev–Trinajstić information content (AvgIpc) is 2.98. The molecule has 2 aromatic carbocycles. The number of hydrogen-bond donors (Lipinski definition) is 1. The lowest BCUT2D eigenvalue weighted by atomic mass is 10.1. The van der Waals surface area contributed by atoms with E-state index in [4.69, 9.17) is 5.73 Å². The van der Waals surface area contributed by atoms with Gasteiger partial charge >= 0.3 is 0 Å². The van der Waals surface area contributed by atoms with Crippen molar-refractivity contribution in [2.24, 2.45) is 5.73 Å². The minimum atomic E-state index is 0.673. The molecule has 3 aromatic rings. The summed E-state index contributed by atoms with van der Waals surface area (Å²) < 4.78 is 1.92. The van der Waals surface area contributed by atoms with Crippen LogP contribution >= 0.6 is 0 Å². The SMILES string of the molecule is NCCc1ccc(-c2cnnn2Cc2ccccc2)cc1. The third-order valence-electron chi connectivity index (χ3n) is 3.48. The second-order valence-electron chi connectivity index (χ2n) is 5.00. The summed E-state index contributed by atoms with van der Waals surface area (Å²) in [4.78, 5) is 0. The molecule has 4 nitrogen and oxygen atoms in total. The molecule has 0 bridgehead atoms. The zero-order chi connectivity index (χ0) is 14.5. The molecular weight excluding hydrogens is 260 g/mol. The van der Waals surface area contributed by atoms with Crippen LogP contribution in [0.4, 0.5) is 0 Å². The quantitative estimate of drug-likeness (QED) is 0.780. The molecule has 21 heavy (non-hydrogen) atoms. The van der Waals surface area contributed by atoms with Gasteiger partial charge in [0.25, 0.3) is 0 Å². The van der Waals surface area contributed by atoms with Gasteiger partial charge in [0.15, 0.2) is 0 Å². The fraction of sp³-hybridized carbons (Fsp3) is 0.176. The normalized spacial score (nSPS) is 10.7. The van der Waals surface area contributed by atoms with Crippen molar-refractivity contribution < 1.29 is 0 Å². The van der Waals surface area contributed by atoms with Gasteiger partial charge in [0.05, 0.1) is 18.4 Å². The molecule has 0 saturated carbocycles. The highest BCUT2D eigenvalue weighted by Crippen LogP contribution is 2.19. The summed E-state index contributed by atoms with van der Waals surface area (Å²) in [5, 5.41) is 8.24. The molecule has 106 valence electrons. The Balaban J connectivity index is 1.84. The van der Waals surface area contributed by atoms with Crippen LogP contribution in [0.5, 0.6) is 0 Å². The van der Waals surface area contributed by atoms with Crippen LogP contribution in [-0.2, 0) is 13.0 Å². The topological polar surface area (TPSA) is 56.7 Å². The summed E-state index contributed by atoms with van der Waals surface area (Å²) in [5.74, 6) is 0. The van der Waals surface area contributed by atoms with Crippen molar-refractivity contribution in [1.29, 1.82) is 0 Å². The number of nitrogens with two attached hydrogens (primary N) is 1. The first kappa shape index (κ1) is 13.5. The molecule has 1 aromatic heterocycles. The molecule has 0 fully saturated rings. The predicted octanol–water partition coefficient (Wildman–Crippen LogP) is 2.49. The van der Waals surface area contributed by atoms with E-state index < -0.39 is 0 Å². The van der Waals surface area contributed by atoms with E-state index in [0.717, 1.165) is 24.2 Å². The fourth-order valence-electron chi connectivity index (χ4n) is 2.36. The zero-order valence-corrected chi connectivity index (χ0v) is 11.8. The van der Waals surface area contributed by atoms with Crippen molar-refractivity contribution in [1.82, 2.24) is 15.0 Å². The summed E-state index contributed by atoms with van der Waals surface area (Å²) in [5.41, 5.74) is 10.2. The molecule has 1 heterocycles. The lowest BCUT2D eigenvalue weighted by Crippen LogP contribution is -2.04. The van der Waals surface area contributed by atoms with Gasteiger partial charge in [-0.15, -0.1) is 5.10 Å². The molecule has 0 atom stereocenters. The highest BCUT2D eigenvalue weighted by molar-refractivity contribution is 5.58. The Morgan fingerprint density at radius 1 is 0.905 bits per heavy atom. The largest absolute Gasteiger partial charge is 0.330 e. The molecule has 0 amide bonds. The Bertz CT molecular complexity index is 686. The standard InChI is InChI=1S/C17H18N4/c18-11-10-14-6-8-16(9-7-14)17-12-19-20-21(17)13-15-4-2-1-3-5-15/h1-9,12H,10-11,13,18H2. The van der Waals surface area contributed by atoms with Gasteiger partial charge in [-0.05, 0) is 24.1 Å². The first-order valence-electron chi connectivity index (χ1n) is 7.08. The number of nitrogens with zero attached hydrogens (tertiary/aromatic N) is 3. The highest BCUT2D eigenvalue weighted by atomic mass is 15.4. The van der Waals surface area contributed by atoms with E-state index in [1.165, 1.54) is 11.1 Å². The summed E-state index contributed by atoms with van der Waals surface area (Å²) in [6.07, 6.45) is 2.71. The van der Waals surface area contributed by atoms with Crippen LogP contribution in [0.25, 0.3) is 11.3 Å². The maximum atomic E-state index is 5.58. The van der Waals surface area contributed by atoms with Crippen molar-refractivity contribution in [3.63, 3.8) is 0 Å².